The lowest BCUT2D eigenvalue weighted by Crippen LogP contribution is -2.46. The monoisotopic (exact) mass is 449 g/mol. The minimum Gasteiger partial charge on any atom is -0.487 e. The zero-order valence-corrected chi connectivity index (χ0v) is 17.3. The van der Waals surface area contributed by atoms with Gasteiger partial charge in [0, 0.05) is 6.54 Å². The highest BCUT2D eigenvalue weighted by molar-refractivity contribution is 5.73. The Morgan fingerprint density at radius 3 is 2.19 bits per heavy atom. The molecule has 0 saturated heterocycles. The van der Waals surface area contributed by atoms with E-state index in [9.17, 15) is 23.8 Å². The van der Waals surface area contributed by atoms with Crippen molar-refractivity contribution in [3.63, 3.8) is 0 Å². The van der Waals surface area contributed by atoms with Gasteiger partial charge in [-0.1, -0.05) is 0 Å². The summed E-state index contributed by atoms with van der Waals surface area (Å²) >= 11 is 0. The highest BCUT2D eigenvalue weighted by Gasteiger charge is 2.34. The highest BCUT2D eigenvalue weighted by Crippen LogP contribution is 2.31. The first-order valence-electron chi connectivity index (χ1n) is 10.5. The van der Waals surface area contributed by atoms with Crippen molar-refractivity contribution >= 4 is 5.97 Å². The number of rotatable bonds is 8. The first-order valence-corrected chi connectivity index (χ1v) is 10.5. The molecular formula is C23H25F2NO6. The van der Waals surface area contributed by atoms with E-state index in [1.807, 2.05) is 0 Å². The van der Waals surface area contributed by atoms with Gasteiger partial charge < -0.3 is 24.4 Å². The zero-order valence-electron chi connectivity index (χ0n) is 17.3. The number of ether oxygens (including phenoxy) is 3. The van der Waals surface area contributed by atoms with Gasteiger partial charge >= 0.3 is 5.97 Å². The van der Waals surface area contributed by atoms with Crippen LogP contribution in [0.4, 0.5) is 8.78 Å². The molecule has 4 rings (SSSR count). The number of carboxylic acid groups (broad SMARTS) is 1. The Kier molecular flexibility index (Phi) is 6.88. The number of hydrogen-bond donors (Lipinski definition) is 3. The topological polar surface area (TPSA) is 97.3 Å². The smallest absolute Gasteiger partial charge is 0.336 e. The van der Waals surface area contributed by atoms with Crippen LogP contribution in [0.2, 0.25) is 0 Å². The van der Waals surface area contributed by atoms with E-state index in [1.54, 1.807) is 6.07 Å². The molecule has 0 amide bonds. The zero-order chi connectivity index (χ0) is 22.7. The van der Waals surface area contributed by atoms with Crippen LogP contribution in [0.25, 0.3) is 0 Å². The molecule has 9 heteroatoms. The molecular weight excluding hydrogens is 424 g/mol. The lowest BCUT2D eigenvalue weighted by atomic mass is 9.99. The fourth-order valence-electron chi connectivity index (χ4n) is 4.06. The second kappa shape index (κ2) is 9.81. The Balaban J connectivity index is 1.25. The average molecular weight is 449 g/mol. The minimum absolute atomic E-state index is 0.112. The number of aryl methyl sites for hydroxylation is 2. The molecule has 0 saturated carbocycles. The van der Waals surface area contributed by atoms with Crippen LogP contribution in [0.15, 0.2) is 36.4 Å². The molecule has 2 aliphatic heterocycles. The first-order chi connectivity index (χ1) is 15.4. The number of fused-ring (bicyclic) bond motifs is 2. The molecule has 2 aromatic rings. The summed E-state index contributed by atoms with van der Waals surface area (Å²) in [5.74, 6) is -0.843. The molecule has 2 aliphatic rings. The van der Waals surface area contributed by atoms with E-state index in [2.05, 4.69) is 5.32 Å². The van der Waals surface area contributed by atoms with E-state index in [4.69, 9.17) is 14.2 Å². The molecule has 3 N–H and O–H groups in total. The van der Waals surface area contributed by atoms with E-state index in [1.165, 1.54) is 30.3 Å². The van der Waals surface area contributed by atoms with Crippen molar-refractivity contribution in [2.24, 2.45) is 0 Å². The van der Waals surface area contributed by atoms with Crippen molar-refractivity contribution in [1.29, 1.82) is 0 Å². The number of aliphatic carboxylic acids is 1. The van der Waals surface area contributed by atoms with Gasteiger partial charge in [0.2, 0.25) is 0 Å². The van der Waals surface area contributed by atoms with Gasteiger partial charge in [-0.05, 0) is 73.2 Å². The maximum absolute atomic E-state index is 13.3. The van der Waals surface area contributed by atoms with Gasteiger partial charge in [0.15, 0.2) is 6.10 Å². The summed E-state index contributed by atoms with van der Waals surface area (Å²) in [6.07, 6.45) is -1.25. The Hall–Kier alpha value is -2.75. The van der Waals surface area contributed by atoms with Gasteiger partial charge in [0.05, 0.1) is 6.73 Å². The van der Waals surface area contributed by atoms with Crippen molar-refractivity contribution in [2.45, 2.75) is 50.1 Å². The SMILES string of the molecule is O=C(O)[C@@H](OCNCC(O)[C@H]1CCc2cc(F)ccc2O1)[C@@H]1CCc2cc(F)ccc2O1. The predicted octanol–water partition coefficient (Wildman–Crippen LogP) is 2.43. The summed E-state index contributed by atoms with van der Waals surface area (Å²) in [6, 6.07) is 8.43. The number of nitrogens with one attached hydrogen (secondary N) is 1. The summed E-state index contributed by atoms with van der Waals surface area (Å²) < 4.78 is 43.6. The summed E-state index contributed by atoms with van der Waals surface area (Å²) in [5.41, 5.74) is 1.47. The molecule has 0 aromatic heterocycles. The predicted molar refractivity (Wildman–Crippen MR) is 110 cm³/mol. The van der Waals surface area contributed by atoms with Crippen LogP contribution in [0, 0.1) is 11.6 Å². The maximum atomic E-state index is 13.3. The van der Waals surface area contributed by atoms with Gasteiger partial charge in [0.1, 0.15) is 41.4 Å². The van der Waals surface area contributed by atoms with Crippen LogP contribution in [0.1, 0.15) is 24.0 Å². The second-order valence-corrected chi connectivity index (χ2v) is 7.99. The molecule has 0 bridgehead atoms. The maximum Gasteiger partial charge on any atom is 0.336 e. The number of aliphatic hydroxyl groups is 1. The van der Waals surface area contributed by atoms with Gasteiger partial charge in [-0.2, -0.15) is 0 Å². The van der Waals surface area contributed by atoms with Crippen LogP contribution in [0.5, 0.6) is 11.5 Å². The number of carboxylic acids is 1. The van der Waals surface area contributed by atoms with Gasteiger partial charge in [-0.25, -0.2) is 13.6 Å². The summed E-state index contributed by atoms with van der Waals surface area (Å²) in [6.45, 7) is 0.0137. The lowest BCUT2D eigenvalue weighted by molar-refractivity contribution is -0.158. The third kappa shape index (κ3) is 5.17. The molecule has 0 fully saturated rings. The van der Waals surface area contributed by atoms with Crippen molar-refractivity contribution in [2.75, 3.05) is 13.3 Å². The summed E-state index contributed by atoms with van der Waals surface area (Å²) in [4.78, 5) is 11.7. The fourth-order valence-corrected chi connectivity index (χ4v) is 4.06. The molecule has 0 radical (unpaired) electrons. The van der Waals surface area contributed by atoms with Gasteiger partial charge in [-0.3, -0.25) is 5.32 Å². The standard InChI is InChI=1S/C23H25F2NO6/c24-15-3-7-18-13(9-15)1-5-20(31-18)17(27)11-26-12-30-22(23(28)29)21-6-2-14-10-16(25)4-8-19(14)32-21/h3-4,7-10,17,20-22,26-27H,1-2,5-6,11-12H2,(H,28,29)/t17?,20-,21+,22+/m1/s1. The van der Waals surface area contributed by atoms with Crippen molar-refractivity contribution in [3.8, 4) is 11.5 Å². The summed E-state index contributed by atoms with van der Waals surface area (Å²) in [7, 11) is 0. The molecule has 32 heavy (non-hydrogen) atoms. The van der Waals surface area contributed by atoms with Gasteiger partial charge in [0.25, 0.3) is 0 Å². The van der Waals surface area contributed by atoms with E-state index in [0.29, 0.717) is 42.7 Å². The molecule has 1 unspecified atom stereocenters. The molecule has 7 nitrogen and oxygen atoms in total. The quantitative estimate of drug-likeness (QED) is 0.421. The molecule has 4 atom stereocenters. The number of hydrogen-bond acceptors (Lipinski definition) is 6. The number of benzene rings is 2. The van der Waals surface area contributed by atoms with E-state index in [-0.39, 0.29) is 24.9 Å². The van der Waals surface area contributed by atoms with Crippen molar-refractivity contribution in [3.05, 3.63) is 59.2 Å². The van der Waals surface area contributed by atoms with Gasteiger partial charge in [-0.15, -0.1) is 0 Å². The van der Waals surface area contributed by atoms with E-state index < -0.39 is 30.4 Å². The number of halogens is 2. The average Bonchev–Trinajstić information content (AvgIpc) is 2.78. The van der Waals surface area contributed by atoms with Crippen LogP contribution in [-0.2, 0) is 22.4 Å². The van der Waals surface area contributed by atoms with Crippen LogP contribution in [0.3, 0.4) is 0 Å². The van der Waals surface area contributed by atoms with Crippen LogP contribution >= 0.6 is 0 Å². The lowest BCUT2D eigenvalue weighted by Gasteiger charge is -2.31. The Morgan fingerprint density at radius 2 is 1.59 bits per heavy atom. The molecule has 172 valence electrons. The third-order valence-electron chi connectivity index (χ3n) is 5.73. The first kappa shape index (κ1) is 22.4. The Morgan fingerprint density at radius 1 is 1.03 bits per heavy atom. The normalized spacial score (nSPS) is 21.5. The van der Waals surface area contributed by atoms with E-state index in [0.717, 1.165) is 5.56 Å². The number of carbonyl (C=O) groups is 1. The molecule has 2 heterocycles. The van der Waals surface area contributed by atoms with Crippen molar-refractivity contribution < 1.29 is 38.0 Å². The molecule has 2 aromatic carbocycles. The Labute approximate surface area is 183 Å². The molecule has 0 spiro atoms. The van der Waals surface area contributed by atoms with Crippen LogP contribution < -0.4 is 14.8 Å². The van der Waals surface area contributed by atoms with E-state index >= 15 is 0 Å². The van der Waals surface area contributed by atoms with Crippen LogP contribution in [-0.4, -0.2) is 53.9 Å². The molecule has 0 aliphatic carbocycles. The summed E-state index contributed by atoms with van der Waals surface area (Å²) in [5, 5.41) is 22.9. The Bertz CT molecular complexity index is 971. The second-order valence-electron chi connectivity index (χ2n) is 7.99. The highest BCUT2D eigenvalue weighted by atomic mass is 19.1. The number of aliphatic hydroxyl groups excluding tert-OH is 1. The van der Waals surface area contributed by atoms with Crippen molar-refractivity contribution in [1.82, 2.24) is 5.32 Å². The third-order valence-corrected chi connectivity index (χ3v) is 5.73. The largest absolute Gasteiger partial charge is 0.487 e. The fraction of sp³-hybridized carbons (Fsp3) is 0.435. The minimum atomic E-state index is -1.22.